The lowest BCUT2D eigenvalue weighted by atomic mass is 10.2. The Bertz CT molecular complexity index is 188. The van der Waals surface area contributed by atoms with Crippen molar-refractivity contribution in [3.05, 3.63) is 0 Å². The Morgan fingerprint density at radius 1 is 1.27 bits per heavy atom. The minimum atomic E-state index is -3.07. The van der Waals surface area contributed by atoms with Crippen LogP contribution in [0.15, 0.2) is 0 Å². The van der Waals surface area contributed by atoms with Crippen molar-refractivity contribution in [2.24, 2.45) is 0 Å². The number of nitrogens with one attached hydrogen (secondary N) is 1. The van der Waals surface area contributed by atoms with E-state index in [4.69, 9.17) is 10.2 Å². The van der Waals surface area contributed by atoms with Crippen molar-refractivity contribution >= 4 is 5.97 Å². The molecule has 0 aromatic carbocycles. The summed E-state index contributed by atoms with van der Waals surface area (Å²) in [4.78, 5) is 10.1. The van der Waals surface area contributed by atoms with Crippen LogP contribution in [0.3, 0.4) is 0 Å². The molecule has 0 spiro atoms. The topological polar surface area (TPSA) is 69.6 Å². The molecule has 0 rings (SSSR count). The van der Waals surface area contributed by atoms with Gasteiger partial charge >= 0.3 is 5.97 Å². The number of carboxylic acid groups (broad SMARTS) is 1. The van der Waals surface area contributed by atoms with E-state index in [0.29, 0.717) is 25.8 Å². The Hall–Kier alpha value is -0.750. The van der Waals surface area contributed by atoms with E-state index in [2.05, 4.69) is 5.32 Å². The van der Waals surface area contributed by atoms with Gasteiger partial charge in [0.2, 0.25) is 0 Å². The first-order valence-corrected chi connectivity index (χ1v) is 4.89. The van der Waals surface area contributed by atoms with E-state index in [1.807, 2.05) is 0 Å². The van der Waals surface area contributed by atoms with Crippen molar-refractivity contribution in [3.8, 4) is 0 Å². The van der Waals surface area contributed by atoms with Crippen LogP contribution in [-0.4, -0.2) is 41.8 Å². The number of aliphatic carboxylic acids is 1. The average Bonchev–Trinajstić information content (AvgIpc) is 2.16. The number of alkyl halides is 2. The summed E-state index contributed by atoms with van der Waals surface area (Å²) in [7, 11) is 0. The van der Waals surface area contributed by atoms with Crippen LogP contribution < -0.4 is 5.32 Å². The highest BCUT2D eigenvalue weighted by molar-refractivity contribution is 5.66. The lowest BCUT2D eigenvalue weighted by Gasteiger charge is -2.13. The molecule has 0 aromatic heterocycles. The van der Waals surface area contributed by atoms with E-state index < -0.39 is 25.0 Å². The van der Waals surface area contributed by atoms with Crippen LogP contribution >= 0.6 is 0 Å². The second-order valence-corrected chi connectivity index (χ2v) is 3.40. The smallest absolute Gasteiger partial charge is 0.303 e. The Morgan fingerprint density at radius 2 is 1.93 bits per heavy atom. The summed E-state index contributed by atoms with van der Waals surface area (Å²) >= 11 is 0. The van der Waals surface area contributed by atoms with Gasteiger partial charge in [0.15, 0.2) is 0 Å². The third kappa shape index (κ3) is 9.55. The molecule has 0 unspecified atom stereocenters. The van der Waals surface area contributed by atoms with E-state index in [-0.39, 0.29) is 6.42 Å². The first-order valence-electron chi connectivity index (χ1n) is 4.89. The molecule has 0 fully saturated rings. The summed E-state index contributed by atoms with van der Waals surface area (Å²) in [6.45, 7) is -1.28. The number of carbonyl (C=O) groups is 1. The Labute approximate surface area is 87.3 Å². The van der Waals surface area contributed by atoms with Crippen LogP contribution in [0.25, 0.3) is 0 Å². The van der Waals surface area contributed by atoms with Gasteiger partial charge in [-0.15, -0.1) is 0 Å². The fourth-order valence-electron chi connectivity index (χ4n) is 1.03. The zero-order valence-electron chi connectivity index (χ0n) is 8.51. The quantitative estimate of drug-likeness (QED) is 0.509. The highest BCUT2D eigenvalue weighted by Crippen LogP contribution is 2.09. The van der Waals surface area contributed by atoms with Gasteiger partial charge in [0, 0.05) is 6.42 Å². The summed E-state index contributed by atoms with van der Waals surface area (Å²) in [5.41, 5.74) is 0. The lowest BCUT2D eigenvalue weighted by Crippen LogP contribution is -2.36. The van der Waals surface area contributed by atoms with Gasteiger partial charge in [-0.2, -0.15) is 0 Å². The van der Waals surface area contributed by atoms with E-state index in [9.17, 15) is 13.6 Å². The fraction of sp³-hybridized carbons (Fsp3) is 0.889. The van der Waals surface area contributed by atoms with Crippen molar-refractivity contribution in [1.82, 2.24) is 5.32 Å². The van der Waals surface area contributed by atoms with Crippen LogP contribution in [0, 0.1) is 0 Å². The molecular formula is C9H17F2NO3. The van der Waals surface area contributed by atoms with Crippen molar-refractivity contribution in [3.63, 3.8) is 0 Å². The molecular weight excluding hydrogens is 208 g/mol. The maximum atomic E-state index is 12.4. The van der Waals surface area contributed by atoms with Crippen molar-refractivity contribution in [2.75, 3.05) is 19.7 Å². The van der Waals surface area contributed by atoms with Gasteiger partial charge in [-0.3, -0.25) is 4.79 Å². The molecule has 4 nitrogen and oxygen atoms in total. The van der Waals surface area contributed by atoms with Crippen molar-refractivity contribution in [2.45, 2.75) is 31.6 Å². The molecule has 0 amide bonds. The molecule has 0 aliphatic rings. The van der Waals surface area contributed by atoms with E-state index in [0.717, 1.165) is 0 Å². The largest absolute Gasteiger partial charge is 0.481 e. The molecule has 0 heterocycles. The highest BCUT2D eigenvalue weighted by atomic mass is 19.3. The second kappa shape index (κ2) is 7.53. The van der Waals surface area contributed by atoms with Crippen LogP contribution in [-0.2, 0) is 4.79 Å². The molecule has 90 valence electrons. The van der Waals surface area contributed by atoms with Gasteiger partial charge in [0.25, 0.3) is 5.92 Å². The number of carboxylic acids is 1. The third-order valence-corrected chi connectivity index (χ3v) is 1.86. The lowest BCUT2D eigenvalue weighted by molar-refractivity contribution is -0.137. The first-order chi connectivity index (χ1) is 6.98. The Kier molecular flexibility index (Phi) is 7.15. The minimum Gasteiger partial charge on any atom is -0.481 e. The molecule has 0 aliphatic heterocycles. The third-order valence-electron chi connectivity index (χ3n) is 1.86. The monoisotopic (exact) mass is 225 g/mol. The van der Waals surface area contributed by atoms with Crippen LogP contribution in [0.2, 0.25) is 0 Å². The molecule has 0 aromatic rings. The molecule has 3 N–H and O–H groups in total. The molecule has 0 radical (unpaired) electrons. The van der Waals surface area contributed by atoms with Gasteiger partial charge in [0.1, 0.15) is 6.61 Å². The summed E-state index contributed by atoms with van der Waals surface area (Å²) in [5, 5.41) is 19.1. The molecule has 0 bridgehead atoms. The van der Waals surface area contributed by atoms with Crippen molar-refractivity contribution in [1.29, 1.82) is 0 Å². The van der Waals surface area contributed by atoms with Crippen LogP contribution in [0.4, 0.5) is 8.78 Å². The zero-order valence-corrected chi connectivity index (χ0v) is 8.51. The number of hydrogen-bond acceptors (Lipinski definition) is 3. The number of aliphatic hydroxyl groups excluding tert-OH is 1. The number of halogens is 2. The molecule has 0 saturated carbocycles. The summed E-state index contributed by atoms with van der Waals surface area (Å²) in [5.74, 6) is -3.91. The average molecular weight is 225 g/mol. The van der Waals surface area contributed by atoms with Crippen molar-refractivity contribution < 1.29 is 23.8 Å². The van der Waals surface area contributed by atoms with Crippen LogP contribution in [0.1, 0.15) is 25.7 Å². The maximum Gasteiger partial charge on any atom is 0.303 e. The zero-order chi connectivity index (χ0) is 11.7. The summed E-state index contributed by atoms with van der Waals surface area (Å²) in [6.07, 6.45) is 2.04. The van der Waals surface area contributed by atoms with Gasteiger partial charge in [-0.25, -0.2) is 8.78 Å². The molecule has 15 heavy (non-hydrogen) atoms. The number of rotatable bonds is 9. The van der Waals surface area contributed by atoms with Gasteiger partial charge in [0.05, 0.1) is 6.54 Å². The SMILES string of the molecule is O=C(O)CCCCCNCC(F)(F)CO. The fourth-order valence-corrected chi connectivity index (χ4v) is 1.03. The Balaban J connectivity index is 3.22. The van der Waals surface area contributed by atoms with Crippen LogP contribution in [0.5, 0.6) is 0 Å². The number of unbranched alkanes of at least 4 members (excludes halogenated alkanes) is 2. The van der Waals surface area contributed by atoms with E-state index >= 15 is 0 Å². The first kappa shape index (κ1) is 14.2. The Morgan fingerprint density at radius 3 is 2.47 bits per heavy atom. The predicted octanol–water partition coefficient (Wildman–Crippen LogP) is 0.849. The predicted molar refractivity (Wildman–Crippen MR) is 51.0 cm³/mol. The second-order valence-electron chi connectivity index (χ2n) is 3.40. The maximum absolute atomic E-state index is 12.4. The normalized spacial score (nSPS) is 11.7. The molecule has 0 saturated heterocycles. The standard InChI is InChI=1S/C9H17F2NO3/c10-9(11,7-13)6-12-5-3-1-2-4-8(14)15/h12-13H,1-7H2,(H,14,15). The van der Waals surface area contributed by atoms with E-state index in [1.54, 1.807) is 0 Å². The summed E-state index contributed by atoms with van der Waals surface area (Å²) in [6, 6.07) is 0. The molecule has 0 aliphatic carbocycles. The molecule has 0 atom stereocenters. The summed E-state index contributed by atoms with van der Waals surface area (Å²) < 4.78 is 24.9. The van der Waals surface area contributed by atoms with Gasteiger partial charge in [-0.05, 0) is 19.4 Å². The number of aliphatic hydroxyl groups is 1. The highest BCUT2D eigenvalue weighted by Gasteiger charge is 2.26. The van der Waals surface area contributed by atoms with Gasteiger partial charge < -0.3 is 15.5 Å². The minimum absolute atomic E-state index is 0.118. The number of hydrogen-bond donors (Lipinski definition) is 3. The van der Waals surface area contributed by atoms with Gasteiger partial charge in [-0.1, -0.05) is 6.42 Å². The van der Waals surface area contributed by atoms with E-state index in [1.165, 1.54) is 0 Å². The molecule has 6 heteroatoms.